The van der Waals surface area contributed by atoms with Gasteiger partial charge in [-0.15, -0.1) is 0 Å². The molecule has 0 saturated carbocycles. The Morgan fingerprint density at radius 3 is 2.65 bits per heavy atom. The zero-order valence-corrected chi connectivity index (χ0v) is 10.8. The lowest BCUT2D eigenvalue weighted by Crippen LogP contribution is -2.20. The van der Waals surface area contributed by atoms with E-state index in [1.54, 1.807) is 0 Å². The van der Waals surface area contributed by atoms with E-state index < -0.39 is 0 Å². The van der Waals surface area contributed by atoms with Crippen molar-refractivity contribution in [2.75, 3.05) is 0 Å². The first kappa shape index (κ1) is 11.3. The Labute approximate surface area is 113 Å². The van der Waals surface area contributed by atoms with Gasteiger partial charge >= 0.3 is 0 Å². The highest BCUT2D eigenvalue weighted by Gasteiger charge is 2.21. The molecule has 0 amide bonds. The molecule has 0 saturated heterocycles. The molecule has 1 aliphatic rings. The van der Waals surface area contributed by atoms with Crippen molar-refractivity contribution < 1.29 is 0 Å². The van der Waals surface area contributed by atoms with E-state index in [9.17, 15) is 9.59 Å². The molecule has 4 rings (SSSR count). The van der Waals surface area contributed by atoms with Crippen LogP contribution in [0, 0.1) is 0 Å². The second-order valence-electron chi connectivity index (χ2n) is 5.10. The number of nitrogens with one attached hydrogen (secondary N) is 2. The van der Waals surface area contributed by atoms with Crippen molar-refractivity contribution in [3.05, 3.63) is 62.2 Å². The van der Waals surface area contributed by atoms with Gasteiger partial charge in [0.1, 0.15) is 11.0 Å². The molecule has 0 aliphatic heterocycles. The monoisotopic (exact) mass is 267 g/mol. The van der Waals surface area contributed by atoms with Gasteiger partial charge in [0.2, 0.25) is 0 Å². The van der Waals surface area contributed by atoms with Crippen LogP contribution in [0.15, 0.2) is 39.9 Å². The molecule has 5 heteroatoms. The van der Waals surface area contributed by atoms with Crippen molar-refractivity contribution in [1.29, 1.82) is 0 Å². The summed E-state index contributed by atoms with van der Waals surface area (Å²) in [5.74, 6) is 0. The molecule has 20 heavy (non-hydrogen) atoms. The van der Waals surface area contributed by atoms with E-state index in [1.807, 2.05) is 30.3 Å². The van der Waals surface area contributed by atoms with Crippen molar-refractivity contribution in [2.24, 2.45) is 0 Å². The summed E-state index contributed by atoms with van der Waals surface area (Å²) in [5, 5.41) is 3.23. The molecule has 0 radical (unpaired) electrons. The Hall–Kier alpha value is -2.56. The maximum Gasteiger partial charge on any atom is 0.284 e. The van der Waals surface area contributed by atoms with E-state index >= 15 is 0 Å². The Bertz CT molecular complexity index is 916. The summed E-state index contributed by atoms with van der Waals surface area (Å²) in [6.07, 6.45) is 2.61. The summed E-state index contributed by atoms with van der Waals surface area (Å²) in [7, 11) is 0. The molecule has 0 atom stereocenters. The summed E-state index contributed by atoms with van der Waals surface area (Å²) in [5.41, 5.74) is 2.56. The first-order valence-corrected chi connectivity index (χ1v) is 6.70. The Morgan fingerprint density at radius 1 is 1.05 bits per heavy atom. The number of hydrogen-bond donors (Lipinski definition) is 2. The minimum atomic E-state index is -0.290. The minimum Gasteiger partial charge on any atom is -0.343 e. The molecule has 2 heterocycles. The fraction of sp³-hybridized carbons (Fsp3) is 0.200. The smallest absolute Gasteiger partial charge is 0.284 e. The second kappa shape index (κ2) is 3.96. The van der Waals surface area contributed by atoms with Gasteiger partial charge in [-0.2, -0.15) is 0 Å². The number of benzene rings is 1. The number of H-pyrrole nitrogens is 2. The summed E-state index contributed by atoms with van der Waals surface area (Å²) in [6, 6.07) is 9.25. The maximum atomic E-state index is 12.5. The van der Waals surface area contributed by atoms with Crippen LogP contribution < -0.4 is 11.0 Å². The third-order valence-corrected chi connectivity index (χ3v) is 3.90. The van der Waals surface area contributed by atoms with Crippen LogP contribution in [0.4, 0.5) is 0 Å². The van der Waals surface area contributed by atoms with Crippen LogP contribution in [0.25, 0.3) is 16.7 Å². The topological polar surface area (TPSA) is 70.7 Å². The normalized spacial score (nSPS) is 13.8. The Balaban J connectivity index is 2.08. The van der Waals surface area contributed by atoms with E-state index in [2.05, 4.69) is 10.1 Å². The molecule has 100 valence electrons. The number of aromatic nitrogens is 3. The number of aromatic amines is 2. The number of hydrogen-bond acceptors (Lipinski definition) is 2. The predicted octanol–water partition coefficient (Wildman–Crippen LogP) is 1.50. The van der Waals surface area contributed by atoms with Crippen LogP contribution >= 0.6 is 0 Å². The molecule has 0 unspecified atom stereocenters. The van der Waals surface area contributed by atoms with E-state index in [1.165, 1.54) is 4.68 Å². The molecular weight excluding hydrogens is 254 g/mol. The van der Waals surface area contributed by atoms with Gasteiger partial charge in [-0.3, -0.25) is 14.7 Å². The van der Waals surface area contributed by atoms with Gasteiger partial charge in [-0.1, -0.05) is 18.2 Å². The molecule has 0 fully saturated rings. The van der Waals surface area contributed by atoms with Crippen LogP contribution in [0.5, 0.6) is 0 Å². The number of fused-ring (bicyclic) bond motifs is 2. The summed E-state index contributed by atoms with van der Waals surface area (Å²) < 4.78 is 1.41. The van der Waals surface area contributed by atoms with Crippen LogP contribution in [-0.2, 0) is 12.8 Å². The number of pyridine rings is 1. The largest absolute Gasteiger partial charge is 0.343 e. The molecule has 0 spiro atoms. The fourth-order valence-electron chi connectivity index (χ4n) is 2.93. The Kier molecular flexibility index (Phi) is 2.24. The van der Waals surface area contributed by atoms with E-state index in [4.69, 9.17) is 0 Å². The van der Waals surface area contributed by atoms with Gasteiger partial charge in [0.25, 0.3) is 5.56 Å². The Morgan fingerprint density at radius 2 is 1.85 bits per heavy atom. The van der Waals surface area contributed by atoms with Crippen molar-refractivity contribution in [3.8, 4) is 5.69 Å². The standard InChI is InChI=1S/C15H13N3O2/c19-13-10-7-4-8-11(10)16-14-12(13)15(20)18(17-14)9-5-2-1-3-6-9/h1-3,5-6H,4,7-8H2,(H2,16,17,19). The second-order valence-corrected chi connectivity index (χ2v) is 5.10. The van der Waals surface area contributed by atoms with Gasteiger partial charge in [0.15, 0.2) is 5.43 Å². The number of nitrogens with zero attached hydrogens (tertiary/aromatic N) is 1. The SMILES string of the molecule is O=c1c2c([nH]c3[nH]n(-c4ccccc4)c(=O)c13)CCC2. The number of aryl methyl sites for hydroxylation is 1. The molecule has 1 aromatic carbocycles. The highest BCUT2D eigenvalue weighted by atomic mass is 16.1. The highest BCUT2D eigenvalue weighted by Crippen LogP contribution is 2.18. The maximum absolute atomic E-state index is 12.5. The lowest BCUT2D eigenvalue weighted by atomic mass is 10.2. The molecule has 1 aliphatic carbocycles. The molecular formula is C15H13N3O2. The lowest BCUT2D eigenvalue weighted by molar-refractivity contribution is 0.853. The lowest BCUT2D eigenvalue weighted by Gasteiger charge is -1.99. The van der Waals surface area contributed by atoms with Crippen LogP contribution in [0.1, 0.15) is 17.7 Å². The molecule has 2 aromatic heterocycles. The van der Waals surface area contributed by atoms with Gasteiger partial charge in [0, 0.05) is 11.3 Å². The summed E-state index contributed by atoms with van der Waals surface area (Å²) in [6.45, 7) is 0. The number of rotatable bonds is 1. The number of para-hydroxylation sites is 1. The summed E-state index contributed by atoms with van der Waals surface area (Å²) in [4.78, 5) is 28.1. The van der Waals surface area contributed by atoms with Gasteiger partial charge in [-0.05, 0) is 31.4 Å². The van der Waals surface area contributed by atoms with Crippen molar-refractivity contribution in [1.82, 2.24) is 14.8 Å². The van der Waals surface area contributed by atoms with Crippen LogP contribution in [0.2, 0.25) is 0 Å². The third kappa shape index (κ3) is 1.43. The minimum absolute atomic E-state index is 0.123. The van der Waals surface area contributed by atoms with Gasteiger partial charge in [0.05, 0.1) is 5.69 Å². The van der Waals surface area contributed by atoms with Crippen molar-refractivity contribution in [2.45, 2.75) is 19.3 Å². The molecule has 0 bridgehead atoms. The summed E-state index contributed by atoms with van der Waals surface area (Å²) >= 11 is 0. The van der Waals surface area contributed by atoms with Gasteiger partial charge in [-0.25, -0.2) is 4.68 Å². The van der Waals surface area contributed by atoms with Crippen LogP contribution in [-0.4, -0.2) is 14.8 Å². The van der Waals surface area contributed by atoms with Gasteiger partial charge < -0.3 is 4.98 Å². The van der Waals surface area contributed by atoms with Crippen molar-refractivity contribution in [3.63, 3.8) is 0 Å². The van der Waals surface area contributed by atoms with Crippen molar-refractivity contribution >= 4 is 11.0 Å². The first-order chi connectivity index (χ1) is 9.75. The van der Waals surface area contributed by atoms with E-state index in [0.717, 1.165) is 36.2 Å². The predicted molar refractivity (Wildman–Crippen MR) is 76.5 cm³/mol. The molecule has 2 N–H and O–H groups in total. The third-order valence-electron chi connectivity index (χ3n) is 3.90. The molecule has 3 aromatic rings. The van der Waals surface area contributed by atoms with E-state index in [0.29, 0.717) is 5.65 Å². The zero-order valence-electron chi connectivity index (χ0n) is 10.8. The molecule has 5 nitrogen and oxygen atoms in total. The van der Waals surface area contributed by atoms with Crippen LogP contribution in [0.3, 0.4) is 0 Å². The quantitative estimate of drug-likeness (QED) is 0.701. The average Bonchev–Trinajstić information content (AvgIpc) is 3.05. The zero-order chi connectivity index (χ0) is 13.7. The van der Waals surface area contributed by atoms with E-state index in [-0.39, 0.29) is 16.4 Å². The highest BCUT2D eigenvalue weighted by molar-refractivity contribution is 5.75. The first-order valence-electron chi connectivity index (χ1n) is 6.70. The fourth-order valence-corrected chi connectivity index (χ4v) is 2.93. The average molecular weight is 267 g/mol.